The number of benzene rings is 1. The Morgan fingerprint density at radius 2 is 2.06 bits per heavy atom. The first-order chi connectivity index (χ1) is 7.66. The van der Waals surface area contributed by atoms with Crippen molar-refractivity contribution in [3.05, 3.63) is 47.5 Å². The van der Waals surface area contributed by atoms with Crippen molar-refractivity contribution in [2.75, 3.05) is 11.1 Å². The van der Waals surface area contributed by atoms with Crippen molar-refractivity contribution in [1.29, 1.82) is 0 Å². The third kappa shape index (κ3) is 2.23. The van der Waals surface area contributed by atoms with E-state index in [2.05, 4.69) is 10.3 Å². The molecule has 0 spiro atoms. The summed E-state index contributed by atoms with van der Waals surface area (Å²) < 4.78 is 13.0. The average Bonchev–Trinajstić information content (AvgIpc) is 2.27. The van der Waals surface area contributed by atoms with Gasteiger partial charge in [0.25, 0.3) is 0 Å². The molecule has 1 heterocycles. The lowest BCUT2D eigenvalue weighted by Crippen LogP contribution is -1.97. The zero-order valence-corrected chi connectivity index (χ0v) is 9.00. The minimum Gasteiger partial charge on any atom is -0.396 e. The molecular weight excluding hydrogens is 229 g/mol. The van der Waals surface area contributed by atoms with Crippen molar-refractivity contribution in [2.45, 2.75) is 0 Å². The number of nitrogen functional groups attached to an aromatic ring is 1. The first-order valence-corrected chi connectivity index (χ1v) is 4.96. The first-order valence-electron chi connectivity index (χ1n) is 4.58. The summed E-state index contributed by atoms with van der Waals surface area (Å²) in [6.07, 6.45) is 3.10. The molecule has 2 aromatic rings. The number of halogens is 2. The molecule has 0 aliphatic rings. The lowest BCUT2D eigenvalue weighted by molar-refractivity contribution is 0.628. The highest BCUT2D eigenvalue weighted by molar-refractivity contribution is 6.33. The summed E-state index contributed by atoms with van der Waals surface area (Å²) in [5.74, 6) is -0.362. The van der Waals surface area contributed by atoms with E-state index >= 15 is 0 Å². The highest BCUT2D eigenvalue weighted by Gasteiger charge is 2.04. The van der Waals surface area contributed by atoms with Gasteiger partial charge in [-0.3, -0.25) is 4.98 Å². The highest BCUT2D eigenvalue weighted by Crippen LogP contribution is 2.28. The molecule has 16 heavy (non-hydrogen) atoms. The van der Waals surface area contributed by atoms with Crippen molar-refractivity contribution in [1.82, 2.24) is 4.98 Å². The molecule has 1 aromatic carbocycles. The number of nitrogens with one attached hydrogen (secondary N) is 1. The summed E-state index contributed by atoms with van der Waals surface area (Å²) in [5.41, 5.74) is 7.28. The summed E-state index contributed by atoms with van der Waals surface area (Å²) in [4.78, 5) is 3.85. The molecule has 2 rings (SSSR count). The molecule has 1 aromatic heterocycles. The third-order valence-electron chi connectivity index (χ3n) is 2.05. The van der Waals surface area contributed by atoms with Gasteiger partial charge in [-0.05, 0) is 24.3 Å². The maximum atomic E-state index is 13.0. The molecular formula is C11H9ClFN3. The summed E-state index contributed by atoms with van der Waals surface area (Å²) in [6.45, 7) is 0. The van der Waals surface area contributed by atoms with Crippen LogP contribution in [0.5, 0.6) is 0 Å². The standard InChI is InChI=1S/C11H9ClFN3/c12-8-2-1-7(13)5-11(8)16-10-3-4-15-6-9(10)14/h1-6H,14H2,(H,15,16). The number of hydrogen-bond acceptors (Lipinski definition) is 3. The Hall–Kier alpha value is -1.81. The fourth-order valence-corrected chi connectivity index (χ4v) is 1.42. The van der Waals surface area contributed by atoms with E-state index in [9.17, 15) is 4.39 Å². The zero-order valence-electron chi connectivity index (χ0n) is 8.24. The molecule has 0 aliphatic heterocycles. The van der Waals surface area contributed by atoms with Gasteiger partial charge in [0.1, 0.15) is 5.82 Å². The van der Waals surface area contributed by atoms with Crippen LogP contribution < -0.4 is 11.1 Å². The van der Waals surface area contributed by atoms with Gasteiger partial charge in [0, 0.05) is 6.20 Å². The molecule has 0 unspecified atom stereocenters. The van der Waals surface area contributed by atoms with Crippen molar-refractivity contribution in [3.8, 4) is 0 Å². The second kappa shape index (κ2) is 4.37. The van der Waals surface area contributed by atoms with Gasteiger partial charge in [-0.15, -0.1) is 0 Å². The SMILES string of the molecule is Nc1cnccc1Nc1cc(F)ccc1Cl. The Balaban J connectivity index is 2.34. The van der Waals surface area contributed by atoms with Crippen molar-refractivity contribution in [2.24, 2.45) is 0 Å². The lowest BCUT2D eigenvalue weighted by Gasteiger charge is -2.10. The van der Waals surface area contributed by atoms with E-state index in [0.717, 1.165) is 0 Å². The maximum Gasteiger partial charge on any atom is 0.125 e. The third-order valence-corrected chi connectivity index (χ3v) is 2.38. The van der Waals surface area contributed by atoms with Gasteiger partial charge in [-0.25, -0.2) is 4.39 Å². The predicted molar refractivity (Wildman–Crippen MR) is 63.3 cm³/mol. The minimum atomic E-state index is -0.362. The highest BCUT2D eigenvalue weighted by atomic mass is 35.5. The molecule has 82 valence electrons. The fourth-order valence-electron chi connectivity index (χ4n) is 1.26. The van der Waals surface area contributed by atoms with Crippen molar-refractivity contribution >= 4 is 28.7 Å². The van der Waals surface area contributed by atoms with Gasteiger partial charge in [-0.1, -0.05) is 11.6 Å². The molecule has 0 fully saturated rings. The summed E-state index contributed by atoms with van der Waals surface area (Å²) in [7, 11) is 0. The van der Waals surface area contributed by atoms with Crippen LogP contribution >= 0.6 is 11.6 Å². The van der Waals surface area contributed by atoms with Crippen LogP contribution in [-0.2, 0) is 0 Å². The van der Waals surface area contributed by atoms with Crippen LogP contribution in [0.4, 0.5) is 21.5 Å². The number of rotatable bonds is 2. The second-order valence-electron chi connectivity index (χ2n) is 3.21. The lowest BCUT2D eigenvalue weighted by atomic mass is 10.2. The van der Waals surface area contributed by atoms with Gasteiger partial charge in [0.15, 0.2) is 0 Å². The smallest absolute Gasteiger partial charge is 0.125 e. The molecule has 3 nitrogen and oxygen atoms in total. The molecule has 0 saturated heterocycles. The van der Waals surface area contributed by atoms with Gasteiger partial charge in [0.05, 0.1) is 28.3 Å². The number of nitrogens with zero attached hydrogens (tertiary/aromatic N) is 1. The predicted octanol–water partition coefficient (Wildman–Crippen LogP) is 3.20. The monoisotopic (exact) mass is 237 g/mol. The van der Waals surface area contributed by atoms with Crippen LogP contribution in [-0.4, -0.2) is 4.98 Å². The molecule has 3 N–H and O–H groups in total. The van der Waals surface area contributed by atoms with E-state index < -0.39 is 0 Å². The van der Waals surface area contributed by atoms with Crippen LogP contribution in [0.15, 0.2) is 36.7 Å². The number of aromatic nitrogens is 1. The van der Waals surface area contributed by atoms with Crippen LogP contribution in [0.25, 0.3) is 0 Å². The minimum absolute atomic E-state index is 0.362. The van der Waals surface area contributed by atoms with Crippen LogP contribution in [0.2, 0.25) is 5.02 Å². The van der Waals surface area contributed by atoms with Gasteiger partial charge in [0.2, 0.25) is 0 Å². The van der Waals surface area contributed by atoms with Gasteiger partial charge < -0.3 is 11.1 Å². The fraction of sp³-hybridized carbons (Fsp3) is 0. The van der Waals surface area contributed by atoms with Crippen molar-refractivity contribution in [3.63, 3.8) is 0 Å². The summed E-state index contributed by atoms with van der Waals surface area (Å²) >= 11 is 5.91. The Bertz CT molecular complexity index is 516. The largest absolute Gasteiger partial charge is 0.396 e. The van der Waals surface area contributed by atoms with E-state index in [1.54, 1.807) is 12.3 Å². The van der Waals surface area contributed by atoms with Gasteiger partial charge in [-0.2, -0.15) is 0 Å². The van der Waals surface area contributed by atoms with Crippen LogP contribution in [0, 0.1) is 5.82 Å². The molecule has 0 amide bonds. The molecule has 0 atom stereocenters. The van der Waals surface area contributed by atoms with E-state index in [1.807, 2.05) is 0 Å². The summed E-state index contributed by atoms with van der Waals surface area (Å²) in [5, 5.41) is 3.37. The molecule has 0 bridgehead atoms. The Morgan fingerprint density at radius 3 is 2.81 bits per heavy atom. The van der Waals surface area contributed by atoms with E-state index in [4.69, 9.17) is 17.3 Å². The molecule has 0 radical (unpaired) electrons. The molecule has 0 saturated carbocycles. The Kier molecular flexibility index (Phi) is 2.92. The molecule has 5 heteroatoms. The number of pyridine rings is 1. The number of anilines is 3. The molecule has 0 aliphatic carbocycles. The Labute approximate surface area is 97.1 Å². The first kappa shape index (κ1) is 10.7. The van der Waals surface area contributed by atoms with E-state index in [1.165, 1.54) is 24.4 Å². The topological polar surface area (TPSA) is 50.9 Å². The quantitative estimate of drug-likeness (QED) is 0.843. The second-order valence-corrected chi connectivity index (χ2v) is 3.62. The summed E-state index contributed by atoms with van der Waals surface area (Å²) in [6, 6.07) is 5.78. The number of hydrogen-bond donors (Lipinski definition) is 2. The maximum absolute atomic E-state index is 13.0. The average molecular weight is 238 g/mol. The van der Waals surface area contributed by atoms with E-state index in [0.29, 0.717) is 22.1 Å². The Morgan fingerprint density at radius 1 is 1.25 bits per heavy atom. The zero-order chi connectivity index (χ0) is 11.5. The number of nitrogens with two attached hydrogens (primary N) is 1. The van der Waals surface area contributed by atoms with Crippen LogP contribution in [0.3, 0.4) is 0 Å². The van der Waals surface area contributed by atoms with E-state index in [-0.39, 0.29) is 5.82 Å². The van der Waals surface area contributed by atoms with Crippen molar-refractivity contribution < 1.29 is 4.39 Å². The normalized spacial score (nSPS) is 10.1. The van der Waals surface area contributed by atoms with Gasteiger partial charge >= 0.3 is 0 Å². The van der Waals surface area contributed by atoms with Crippen LogP contribution in [0.1, 0.15) is 0 Å².